The normalized spacial score (nSPS) is 16.9. The average Bonchev–Trinajstić information content (AvgIpc) is 2.44. The van der Waals surface area contributed by atoms with Gasteiger partial charge in [-0.1, -0.05) is 11.6 Å². The SMILES string of the molecule is O=c1c2cc(Cl)ccc2ncn1CN1CCOCC1. The molecule has 1 aliphatic rings. The first-order valence-electron chi connectivity index (χ1n) is 6.19. The van der Waals surface area contributed by atoms with Gasteiger partial charge in [0.25, 0.3) is 5.56 Å². The topological polar surface area (TPSA) is 47.4 Å². The Bertz CT molecular complexity index is 650. The van der Waals surface area contributed by atoms with Crippen molar-refractivity contribution in [1.82, 2.24) is 14.5 Å². The lowest BCUT2D eigenvalue weighted by Gasteiger charge is -2.26. The Morgan fingerprint density at radius 2 is 2.11 bits per heavy atom. The molecule has 100 valence electrons. The zero-order valence-corrected chi connectivity index (χ0v) is 11.1. The lowest BCUT2D eigenvalue weighted by Crippen LogP contribution is -2.40. The van der Waals surface area contributed by atoms with Gasteiger partial charge in [-0.05, 0) is 18.2 Å². The molecule has 1 aliphatic heterocycles. The second-order valence-electron chi connectivity index (χ2n) is 4.55. The number of fused-ring (bicyclic) bond motifs is 1. The van der Waals surface area contributed by atoms with Crippen molar-refractivity contribution in [2.24, 2.45) is 0 Å². The quantitative estimate of drug-likeness (QED) is 0.832. The van der Waals surface area contributed by atoms with Crippen molar-refractivity contribution in [3.8, 4) is 0 Å². The summed E-state index contributed by atoms with van der Waals surface area (Å²) in [7, 11) is 0. The average molecular weight is 280 g/mol. The fourth-order valence-electron chi connectivity index (χ4n) is 2.19. The van der Waals surface area contributed by atoms with Crippen LogP contribution in [0.2, 0.25) is 5.02 Å². The number of rotatable bonds is 2. The number of nitrogens with zero attached hydrogens (tertiary/aromatic N) is 3. The van der Waals surface area contributed by atoms with Crippen LogP contribution in [0.25, 0.3) is 10.9 Å². The van der Waals surface area contributed by atoms with E-state index in [2.05, 4.69) is 9.88 Å². The van der Waals surface area contributed by atoms with Crippen molar-refractivity contribution in [3.05, 3.63) is 39.9 Å². The minimum Gasteiger partial charge on any atom is -0.379 e. The number of hydrogen-bond donors (Lipinski definition) is 0. The third-order valence-corrected chi connectivity index (χ3v) is 3.48. The van der Waals surface area contributed by atoms with E-state index < -0.39 is 0 Å². The Kier molecular flexibility index (Phi) is 3.50. The molecule has 5 nitrogen and oxygen atoms in total. The molecule has 0 aliphatic carbocycles. The standard InChI is InChI=1S/C13H14ClN3O2/c14-10-1-2-12-11(7-10)13(18)17(8-15-12)9-16-3-5-19-6-4-16/h1-2,7-8H,3-6,9H2. The van der Waals surface area contributed by atoms with E-state index in [0.29, 0.717) is 35.8 Å². The van der Waals surface area contributed by atoms with E-state index in [4.69, 9.17) is 16.3 Å². The summed E-state index contributed by atoms with van der Waals surface area (Å²) in [5, 5.41) is 1.11. The maximum Gasteiger partial charge on any atom is 0.262 e. The monoisotopic (exact) mass is 279 g/mol. The van der Waals surface area contributed by atoms with Gasteiger partial charge in [-0.2, -0.15) is 0 Å². The smallest absolute Gasteiger partial charge is 0.262 e. The van der Waals surface area contributed by atoms with Crippen molar-refractivity contribution in [2.75, 3.05) is 26.3 Å². The predicted molar refractivity (Wildman–Crippen MR) is 73.4 cm³/mol. The summed E-state index contributed by atoms with van der Waals surface area (Å²) >= 11 is 5.93. The van der Waals surface area contributed by atoms with Gasteiger partial charge in [0.2, 0.25) is 0 Å². The zero-order chi connectivity index (χ0) is 13.2. The van der Waals surface area contributed by atoms with Gasteiger partial charge in [0.1, 0.15) is 0 Å². The number of halogens is 1. The van der Waals surface area contributed by atoms with Gasteiger partial charge in [-0.15, -0.1) is 0 Å². The van der Waals surface area contributed by atoms with Crippen LogP contribution in [0.3, 0.4) is 0 Å². The maximum absolute atomic E-state index is 12.4. The van der Waals surface area contributed by atoms with E-state index in [0.717, 1.165) is 13.1 Å². The van der Waals surface area contributed by atoms with Crippen LogP contribution in [0.15, 0.2) is 29.3 Å². The minimum atomic E-state index is -0.0565. The third-order valence-electron chi connectivity index (χ3n) is 3.24. The first kappa shape index (κ1) is 12.6. The van der Waals surface area contributed by atoms with Crippen LogP contribution in [-0.2, 0) is 11.4 Å². The molecule has 1 aromatic heterocycles. The van der Waals surface area contributed by atoms with E-state index in [1.807, 2.05) is 0 Å². The van der Waals surface area contributed by atoms with Crippen LogP contribution in [0.5, 0.6) is 0 Å². The van der Waals surface area contributed by atoms with Crippen molar-refractivity contribution in [2.45, 2.75) is 6.67 Å². The molecule has 0 bridgehead atoms. The van der Waals surface area contributed by atoms with Crippen molar-refractivity contribution >= 4 is 22.5 Å². The molecule has 0 spiro atoms. The Morgan fingerprint density at radius 1 is 1.32 bits per heavy atom. The van der Waals surface area contributed by atoms with Crippen LogP contribution in [0.4, 0.5) is 0 Å². The fourth-order valence-corrected chi connectivity index (χ4v) is 2.36. The number of hydrogen-bond acceptors (Lipinski definition) is 4. The van der Waals surface area contributed by atoms with Crippen molar-refractivity contribution in [3.63, 3.8) is 0 Å². The highest BCUT2D eigenvalue weighted by molar-refractivity contribution is 6.31. The molecule has 1 saturated heterocycles. The lowest BCUT2D eigenvalue weighted by molar-refractivity contribution is 0.0228. The molecular formula is C13H14ClN3O2. The van der Waals surface area contributed by atoms with E-state index in [1.165, 1.54) is 0 Å². The summed E-state index contributed by atoms with van der Waals surface area (Å²) in [5.41, 5.74) is 0.617. The van der Waals surface area contributed by atoms with Gasteiger partial charge < -0.3 is 4.74 Å². The van der Waals surface area contributed by atoms with Crippen LogP contribution in [-0.4, -0.2) is 40.8 Å². The zero-order valence-electron chi connectivity index (χ0n) is 10.4. The highest BCUT2D eigenvalue weighted by Crippen LogP contribution is 2.14. The van der Waals surface area contributed by atoms with Gasteiger partial charge >= 0.3 is 0 Å². The number of benzene rings is 1. The van der Waals surface area contributed by atoms with E-state index in [1.54, 1.807) is 29.1 Å². The molecular weight excluding hydrogens is 266 g/mol. The second-order valence-corrected chi connectivity index (χ2v) is 4.99. The summed E-state index contributed by atoms with van der Waals surface area (Å²) in [6.45, 7) is 3.63. The summed E-state index contributed by atoms with van der Waals surface area (Å²) in [5.74, 6) is 0. The van der Waals surface area contributed by atoms with Gasteiger partial charge in [-0.3, -0.25) is 14.3 Å². The maximum atomic E-state index is 12.4. The predicted octanol–water partition coefficient (Wildman–Crippen LogP) is 1.34. The summed E-state index contributed by atoms with van der Waals surface area (Å²) < 4.78 is 6.91. The molecule has 2 aromatic rings. The molecule has 0 radical (unpaired) electrons. The van der Waals surface area contributed by atoms with Crippen LogP contribution in [0.1, 0.15) is 0 Å². The Balaban J connectivity index is 1.95. The molecule has 3 rings (SSSR count). The molecule has 1 fully saturated rings. The fraction of sp³-hybridized carbons (Fsp3) is 0.385. The molecule has 0 N–H and O–H groups in total. The Hall–Kier alpha value is -1.43. The van der Waals surface area contributed by atoms with E-state index in [-0.39, 0.29) is 5.56 Å². The summed E-state index contributed by atoms with van der Waals surface area (Å²) in [6.07, 6.45) is 1.59. The van der Waals surface area contributed by atoms with Crippen molar-refractivity contribution < 1.29 is 4.74 Å². The first-order valence-corrected chi connectivity index (χ1v) is 6.56. The number of morpholine rings is 1. The van der Waals surface area contributed by atoms with Gasteiger partial charge in [0, 0.05) is 18.1 Å². The largest absolute Gasteiger partial charge is 0.379 e. The molecule has 0 atom stereocenters. The molecule has 2 heterocycles. The highest BCUT2D eigenvalue weighted by Gasteiger charge is 2.12. The highest BCUT2D eigenvalue weighted by atomic mass is 35.5. The second kappa shape index (κ2) is 5.28. The van der Waals surface area contributed by atoms with Gasteiger partial charge in [-0.25, -0.2) is 4.98 Å². The van der Waals surface area contributed by atoms with Crippen LogP contribution >= 0.6 is 11.6 Å². The van der Waals surface area contributed by atoms with Crippen LogP contribution in [0, 0.1) is 0 Å². The molecule has 0 unspecified atom stereocenters. The third kappa shape index (κ3) is 2.63. The lowest BCUT2D eigenvalue weighted by atomic mass is 10.2. The molecule has 0 amide bonds. The molecule has 1 aromatic carbocycles. The Morgan fingerprint density at radius 3 is 2.89 bits per heavy atom. The van der Waals surface area contributed by atoms with E-state index in [9.17, 15) is 4.79 Å². The minimum absolute atomic E-state index is 0.0565. The van der Waals surface area contributed by atoms with E-state index >= 15 is 0 Å². The van der Waals surface area contributed by atoms with Gasteiger partial charge in [0.15, 0.2) is 0 Å². The number of aromatic nitrogens is 2. The molecule has 0 saturated carbocycles. The molecule has 6 heteroatoms. The Labute approximate surface area is 115 Å². The van der Waals surface area contributed by atoms with Crippen molar-refractivity contribution in [1.29, 1.82) is 0 Å². The summed E-state index contributed by atoms with van der Waals surface area (Å²) in [6, 6.07) is 5.17. The first-order chi connectivity index (χ1) is 9.24. The van der Waals surface area contributed by atoms with Crippen LogP contribution < -0.4 is 5.56 Å². The number of ether oxygens (including phenoxy) is 1. The van der Waals surface area contributed by atoms with Gasteiger partial charge in [0.05, 0.1) is 37.1 Å². The summed E-state index contributed by atoms with van der Waals surface area (Å²) in [4.78, 5) is 18.8. The molecule has 19 heavy (non-hydrogen) atoms.